The molecule has 4 rings (SSSR count). The summed E-state index contributed by atoms with van der Waals surface area (Å²) in [5, 5.41) is 3.26. The number of nitrogens with one attached hydrogen (secondary N) is 1. The molecule has 2 aromatic rings. The number of nitrogens with zero attached hydrogens (tertiary/aromatic N) is 2. The summed E-state index contributed by atoms with van der Waals surface area (Å²) in [5.41, 5.74) is 4.00. The van der Waals surface area contributed by atoms with Crippen molar-refractivity contribution in [3.8, 4) is 0 Å². The minimum absolute atomic E-state index is 0.139. The molecule has 2 heterocycles. The van der Waals surface area contributed by atoms with Crippen LogP contribution in [0.5, 0.6) is 0 Å². The highest BCUT2D eigenvalue weighted by Gasteiger charge is 2.28. The van der Waals surface area contributed by atoms with Gasteiger partial charge in [-0.2, -0.15) is 0 Å². The summed E-state index contributed by atoms with van der Waals surface area (Å²) in [6, 6.07) is 8.30. The van der Waals surface area contributed by atoms with E-state index in [0.29, 0.717) is 24.5 Å². The number of fused-ring (bicyclic) bond motifs is 1. The van der Waals surface area contributed by atoms with Crippen molar-refractivity contribution in [1.29, 1.82) is 0 Å². The van der Waals surface area contributed by atoms with Crippen LogP contribution in [0.1, 0.15) is 52.4 Å². The van der Waals surface area contributed by atoms with Gasteiger partial charge in [-0.1, -0.05) is 24.3 Å². The second-order valence-electron chi connectivity index (χ2n) is 6.95. The first-order valence-electron chi connectivity index (χ1n) is 9.01. The Hall–Kier alpha value is -2.27. The van der Waals surface area contributed by atoms with Gasteiger partial charge in [0.15, 0.2) is 5.78 Å². The molecule has 130 valence electrons. The van der Waals surface area contributed by atoms with Crippen LogP contribution in [-0.2, 0) is 11.2 Å². The highest BCUT2D eigenvalue weighted by atomic mass is 16.5. The fraction of sp³-hybridized carbons (Fsp3) is 0.450. The number of rotatable bonds is 4. The molecule has 2 aliphatic rings. The number of hydrogen-bond acceptors (Lipinski definition) is 5. The van der Waals surface area contributed by atoms with E-state index in [1.54, 1.807) is 6.20 Å². The molecule has 1 aromatic carbocycles. The van der Waals surface area contributed by atoms with E-state index in [2.05, 4.69) is 34.3 Å². The van der Waals surface area contributed by atoms with Gasteiger partial charge in [0.05, 0.1) is 17.4 Å². The number of Topliss-reactive ketones (excluding diaryl/α,β-unsaturated/α-hetero) is 1. The van der Waals surface area contributed by atoms with Crippen LogP contribution in [0.4, 0.5) is 5.95 Å². The van der Waals surface area contributed by atoms with Crippen molar-refractivity contribution in [2.45, 2.75) is 44.6 Å². The summed E-state index contributed by atoms with van der Waals surface area (Å²) in [4.78, 5) is 21.5. The van der Waals surface area contributed by atoms with E-state index in [4.69, 9.17) is 4.74 Å². The molecule has 25 heavy (non-hydrogen) atoms. The summed E-state index contributed by atoms with van der Waals surface area (Å²) in [6.07, 6.45) is 5.42. The third-order valence-electron chi connectivity index (χ3n) is 5.18. The maximum Gasteiger partial charge on any atom is 0.222 e. The number of anilines is 1. The fourth-order valence-corrected chi connectivity index (χ4v) is 3.81. The van der Waals surface area contributed by atoms with Crippen molar-refractivity contribution in [1.82, 2.24) is 9.97 Å². The number of benzene rings is 1. The average molecular weight is 337 g/mol. The Kier molecular flexibility index (Phi) is 4.49. The van der Waals surface area contributed by atoms with Crippen LogP contribution < -0.4 is 5.32 Å². The maximum absolute atomic E-state index is 12.5. The molecule has 0 bridgehead atoms. The number of hydrogen-bond donors (Lipinski definition) is 1. The minimum atomic E-state index is 0.139. The van der Waals surface area contributed by atoms with E-state index in [9.17, 15) is 4.79 Å². The number of carbonyl (C=O) groups is 1. The van der Waals surface area contributed by atoms with Crippen LogP contribution >= 0.6 is 0 Å². The lowest BCUT2D eigenvalue weighted by molar-refractivity contribution is 0.0962. The number of aromatic nitrogens is 2. The summed E-state index contributed by atoms with van der Waals surface area (Å²) < 4.78 is 5.62. The Morgan fingerprint density at radius 1 is 1.28 bits per heavy atom. The second kappa shape index (κ2) is 6.92. The van der Waals surface area contributed by atoms with Crippen molar-refractivity contribution in [2.24, 2.45) is 0 Å². The SMILES string of the molecule is Cc1ccccc1[C@@H]1CC(=O)c2cnc(NC[C@@H]3CCCO3)nc2C1. The lowest BCUT2D eigenvalue weighted by Crippen LogP contribution is -2.23. The molecule has 1 N–H and O–H groups in total. The molecule has 0 radical (unpaired) electrons. The molecule has 0 saturated carbocycles. The second-order valence-corrected chi connectivity index (χ2v) is 6.95. The number of aryl methyl sites for hydroxylation is 1. The summed E-state index contributed by atoms with van der Waals surface area (Å²) in [7, 11) is 0. The summed E-state index contributed by atoms with van der Waals surface area (Å²) in [6.45, 7) is 3.65. The van der Waals surface area contributed by atoms with Gasteiger partial charge in [0.25, 0.3) is 0 Å². The molecule has 1 saturated heterocycles. The average Bonchev–Trinajstić information content (AvgIpc) is 3.13. The van der Waals surface area contributed by atoms with Gasteiger partial charge in [-0.05, 0) is 43.2 Å². The van der Waals surface area contributed by atoms with Crippen molar-refractivity contribution in [2.75, 3.05) is 18.5 Å². The quantitative estimate of drug-likeness (QED) is 0.927. The molecule has 1 aromatic heterocycles. The standard InChI is InChI=1S/C20H23N3O2/c1-13-5-2-3-7-16(13)14-9-18-17(19(24)10-14)12-22-20(23-18)21-11-15-6-4-8-25-15/h2-3,5,7,12,14-15H,4,6,8-11H2,1H3,(H,21,22,23)/t14-,15-/m0/s1. The molecule has 5 nitrogen and oxygen atoms in total. The van der Waals surface area contributed by atoms with Gasteiger partial charge >= 0.3 is 0 Å². The smallest absolute Gasteiger partial charge is 0.222 e. The van der Waals surface area contributed by atoms with Crippen molar-refractivity contribution >= 4 is 11.7 Å². The lowest BCUT2D eigenvalue weighted by atomic mass is 9.81. The molecular formula is C20H23N3O2. The molecule has 1 aliphatic heterocycles. The predicted octanol–water partition coefficient (Wildman–Crippen LogP) is 3.29. The topological polar surface area (TPSA) is 64.1 Å². The van der Waals surface area contributed by atoms with E-state index in [1.165, 1.54) is 11.1 Å². The molecule has 0 spiro atoms. The van der Waals surface area contributed by atoms with E-state index >= 15 is 0 Å². The third kappa shape index (κ3) is 3.42. The molecule has 5 heteroatoms. The Morgan fingerprint density at radius 2 is 2.16 bits per heavy atom. The molecule has 1 aliphatic carbocycles. The molecule has 0 unspecified atom stereocenters. The van der Waals surface area contributed by atoms with Crippen LogP contribution in [0.25, 0.3) is 0 Å². The summed E-state index contributed by atoms with van der Waals surface area (Å²) >= 11 is 0. The lowest BCUT2D eigenvalue weighted by Gasteiger charge is -2.24. The van der Waals surface area contributed by atoms with Gasteiger partial charge in [-0.25, -0.2) is 9.97 Å². The fourth-order valence-electron chi connectivity index (χ4n) is 3.81. The normalized spacial score (nSPS) is 22.7. The van der Waals surface area contributed by atoms with Gasteiger partial charge in [-0.15, -0.1) is 0 Å². The molecule has 0 amide bonds. The van der Waals surface area contributed by atoms with Crippen molar-refractivity contribution in [3.05, 3.63) is 52.8 Å². The molecular weight excluding hydrogens is 314 g/mol. The Bertz CT molecular complexity index is 784. The van der Waals surface area contributed by atoms with Gasteiger partial charge in [0, 0.05) is 25.8 Å². The highest BCUT2D eigenvalue weighted by Crippen LogP contribution is 2.33. The van der Waals surface area contributed by atoms with Crippen molar-refractivity contribution < 1.29 is 9.53 Å². The first-order valence-corrected chi connectivity index (χ1v) is 9.01. The first-order chi connectivity index (χ1) is 12.2. The van der Waals surface area contributed by atoms with E-state index in [0.717, 1.165) is 31.6 Å². The van der Waals surface area contributed by atoms with Gasteiger partial charge in [-0.3, -0.25) is 4.79 Å². The zero-order chi connectivity index (χ0) is 17.2. The maximum atomic E-state index is 12.5. The number of carbonyl (C=O) groups excluding carboxylic acids is 1. The van der Waals surface area contributed by atoms with Crippen LogP contribution in [0.3, 0.4) is 0 Å². The van der Waals surface area contributed by atoms with Crippen LogP contribution in [0, 0.1) is 6.92 Å². The first kappa shape index (κ1) is 16.2. The largest absolute Gasteiger partial charge is 0.376 e. The Labute approximate surface area is 147 Å². The van der Waals surface area contributed by atoms with E-state index in [-0.39, 0.29) is 17.8 Å². The zero-order valence-electron chi connectivity index (χ0n) is 14.5. The van der Waals surface area contributed by atoms with Gasteiger partial charge < -0.3 is 10.1 Å². The Balaban J connectivity index is 1.53. The molecule has 2 atom stereocenters. The monoisotopic (exact) mass is 337 g/mol. The predicted molar refractivity (Wildman–Crippen MR) is 96.1 cm³/mol. The van der Waals surface area contributed by atoms with E-state index < -0.39 is 0 Å². The number of ether oxygens (including phenoxy) is 1. The minimum Gasteiger partial charge on any atom is -0.376 e. The van der Waals surface area contributed by atoms with Crippen LogP contribution in [0.15, 0.2) is 30.5 Å². The van der Waals surface area contributed by atoms with Crippen LogP contribution in [-0.4, -0.2) is 35.0 Å². The Morgan fingerprint density at radius 3 is 2.96 bits per heavy atom. The van der Waals surface area contributed by atoms with Crippen LogP contribution in [0.2, 0.25) is 0 Å². The van der Waals surface area contributed by atoms with Crippen molar-refractivity contribution in [3.63, 3.8) is 0 Å². The number of ketones is 1. The third-order valence-corrected chi connectivity index (χ3v) is 5.18. The van der Waals surface area contributed by atoms with E-state index in [1.807, 2.05) is 12.1 Å². The summed E-state index contributed by atoms with van der Waals surface area (Å²) in [5.74, 6) is 0.926. The molecule has 1 fully saturated rings. The zero-order valence-corrected chi connectivity index (χ0v) is 14.5. The van der Waals surface area contributed by atoms with Gasteiger partial charge in [0.2, 0.25) is 5.95 Å². The highest BCUT2D eigenvalue weighted by molar-refractivity contribution is 5.98. The van der Waals surface area contributed by atoms with Gasteiger partial charge in [0.1, 0.15) is 0 Å².